The lowest BCUT2D eigenvalue weighted by Crippen LogP contribution is -2.57. The highest BCUT2D eigenvalue weighted by Crippen LogP contribution is 2.47. The van der Waals surface area contributed by atoms with Gasteiger partial charge in [-0.25, -0.2) is 0 Å². The highest BCUT2D eigenvalue weighted by atomic mass is 15.0. The molecule has 4 nitrogen and oxygen atoms in total. The van der Waals surface area contributed by atoms with Crippen molar-refractivity contribution < 1.29 is 0 Å². The number of hydrogen-bond acceptors (Lipinski definition) is 0. The van der Waals surface area contributed by atoms with E-state index in [0.717, 1.165) is 0 Å². The van der Waals surface area contributed by atoms with Gasteiger partial charge < -0.3 is 18.3 Å². The first-order valence-corrected chi connectivity index (χ1v) is 40.8. The summed E-state index contributed by atoms with van der Waals surface area (Å²) in [6, 6.07) is 152. The van der Waals surface area contributed by atoms with E-state index >= 15 is 0 Å². The summed E-state index contributed by atoms with van der Waals surface area (Å²) < 4.78 is 10.5. The molecule has 4 aromatic heterocycles. The van der Waals surface area contributed by atoms with Crippen molar-refractivity contribution in [2.24, 2.45) is 0 Å². The highest BCUT2D eigenvalue weighted by Gasteiger charge is 2.43. The topological polar surface area (TPSA) is 19.7 Å². The minimum Gasteiger partial charge on any atom is -0.310 e. The Hall–Kier alpha value is -14.6. The molecule has 530 valence electrons. The van der Waals surface area contributed by atoms with Gasteiger partial charge in [-0.15, -0.1) is 0 Å². The molecule has 0 radical (unpaired) electrons. The normalized spacial score (nSPS) is 12.9. The first-order valence-electron chi connectivity index (χ1n) is 40.8. The molecule has 0 amide bonds. The van der Waals surface area contributed by atoms with E-state index in [-0.39, 0.29) is 26.9 Å². The number of nitrogens with zero attached hydrogens (tertiary/aromatic N) is 4. The Morgan fingerprint density at radius 1 is 0.147 bits per heavy atom. The molecule has 0 saturated carbocycles. The minimum atomic E-state index is -0.118. The Morgan fingerprint density at radius 2 is 0.448 bits per heavy atom. The van der Waals surface area contributed by atoms with E-state index in [1.165, 1.54) is 231 Å². The molecule has 116 heavy (non-hydrogen) atoms. The first-order chi connectivity index (χ1) is 57.7. The lowest BCUT2D eigenvalue weighted by Gasteiger charge is -2.30. The minimum absolute atomic E-state index is 0.0299. The second kappa shape index (κ2) is 24.5. The van der Waals surface area contributed by atoms with Crippen molar-refractivity contribution in [3.8, 4) is 78.4 Å². The molecule has 8 heteroatoms. The van der Waals surface area contributed by atoms with Crippen LogP contribution in [-0.4, -0.2) is 45.1 Å². The smallest absolute Gasteiger partial charge is 0.247 e. The molecule has 4 aliphatic heterocycles. The summed E-state index contributed by atoms with van der Waals surface area (Å²) >= 11 is 0. The maximum absolute atomic E-state index is 2.66. The van der Waals surface area contributed by atoms with Gasteiger partial charge in [-0.2, -0.15) is 0 Å². The molecule has 22 aromatic rings. The second-order valence-electron chi connectivity index (χ2n) is 32.2. The SMILES string of the molecule is c1ccc(-c2ccccc2B2c3ccccc3-n3c4cc5c6c(c7cc(-c8ccc(B9c%10ccccc%10-n%10c%11cc%12c%13c(c%14ccccc%14n%13-c%13ccccc%13B%12c%12ccccc%12-c%12ccccc%12)c%11c%11cccc9c%11%10)c(-c9ccccc9)c8)ccc7n6-c6ccccc6B5c5ccccc5-c5ccccc5)c4c4cccc2c43)cc1. The summed E-state index contributed by atoms with van der Waals surface area (Å²) in [6.07, 6.45) is 0. The molecule has 0 fully saturated rings. The van der Waals surface area contributed by atoms with E-state index < -0.39 is 0 Å². The molecule has 26 rings (SSSR count). The van der Waals surface area contributed by atoms with Gasteiger partial charge in [0.15, 0.2) is 0 Å². The molecular formula is C108H66B4N4. The van der Waals surface area contributed by atoms with Gasteiger partial charge in [0.25, 0.3) is 0 Å². The van der Waals surface area contributed by atoms with Crippen molar-refractivity contribution in [2.45, 2.75) is 0 Å². The number of hydrogen-bond donors (Lipinski definition) is 0. The highest BCUT2D eigenvalue weighted by molar-refractivity contribution is 7.01. The Bertz CT molecular complexity index is 7990. The van der Waals surface area contributed by atoms with Gasteiger partial charge in [0.1, 0.15) is 0 Å². The van der Waals surface area contributed by atoms with Crippen LogP contribution >= 0.6 is 0 Å². The van der Waals surface area contributed by atoms with Crippen LogP contribution in [0.3, 0.4) is 0 Å². The molecule has 0 bridgehead atoms. The van der Waals surface area contributed by atoms with Crippen LogP contribution in [0, 0.1) is 0 Å². The van der Waals surface area contributed by atoms with Crippen LogP contribution in [0.5, 0.6) is 0 Å². The Kier molecular flexibility index (Phi) is 13.5. The largest absolute Gasteiger partial charge is 0.310 e. The summed E-state index contributed by atoms with van der Waals surface area (Å²) in [5.74, 6) is 0. The molecule has 0 N–H and O–H groups in total. The van der Waals surface area contributed by atoms with E-state index in [1.54, 1.807) is 0 Å². The number of para-hydroxylation sites is 7. The number of rotatable bonds is 9. The Labute approximate surface area is 672 Å². The third-order valence-corrected chi connectivity index (χ3v) is 26.6. The molecule has 0 saturated heterocycles. The number of aromatic nitrogens is 4. The first kappa shape index (κ1) is 64.0. The number of fused-ring (bicyclic) bond motifs is 22. The summed E-state index contributed by atoms with van der Waals surface area (Å²) in [5.41, 5.74) is 42.5. The van der Waals surface area contributed by atoms with Gasteiger partial charge in [0, 0.05) is 76.9 Å². The van der Waals surface area contributed by atoms with E-state index in [9.17, 15) is 0 Å². The zero-order valence-electron chi connectivity index (χ0n) is 63.2. The fourth-order valence-corrected chi connectivity index (χ4v) is 22.2. The zero-order valence-corrected chi connectivity index (χ0v) is 63.2. The summed E-state index contributed by atoms with van der Waals surface area (Å²) in [5, 5.41) is 10.2. The standard InChI is InChI=1S/C108H66B4N4/c1-5-31-67(32-6-1)73-39-13-17-45-81(73)109-85-48-20-27-57-97(85)116-100-66-92-108-104(102(100)78-44-30-52-89(109)106(78)116)80-64-72(60-62-94(80)114(108)96-56-26-23-51-88(96)112(92)83-47-19-15-41-75(83)69-35-9-3-10-36-69)71-59-61-84(79(63-71)70-37-11-4-12-38-70)110-86-49-21-28-58-98(86)115-99-65-91-107-103(101(99)77-43-29-53-90(110)105(77)115)76-42-16-24-54-93(76)113(107)95-55-25-22-50-87(95)111(91)82-46-18-14-40-74(82)68-33-7-2-8-34-68/h1-66H. The fraction of sp³-hybridized carbons (Fsp3) is 0. The van der Waals surface area contributed by atoms with Gasteiger partial charge in [0.05, 0.1) is 33.1 Å². The van der Waals surface area contributed by atoms with Crippen LogP contribution in [0.1, 0.15) is 0 Å². The molecule has 0 unspecified atom stereocenters. The van der Waals surface area contributed by atoms with Crippen LogP contribution in [0.25, 0.3) is 166 Å². The van der Waals surface area contributed by atoms with Crippen molar-refractivity contribution in [3.63, 3.8) is 0 Å². The van der Waals surface area contributed by atoms with Crippen LogP contribution < -0.4 is 65.6 Å². The molecule has 8 heterocycles. The van der Waals surface area contributed by atoms with Crippen molar-refractivity contribution >= 4 is 180 Å². The van der Waals surface area contributed by atoms with Crippen LogP contribution in [0.15, 0.2) is 400 Å². The Balaban J connectivity index is 0.716. The molecule has 0 spiro atoms. The van der Waals surface area contributed by atoms with E-state index in [1.807, 2.05) is 0 Å². The zero-order chi connectivity index (χ0) is 75.5. The lowest BCUT2D eigenvalue weighted by atomic mass is 9.34. The van der Waals surface area contributed by atoms with Crippen LogP contribution in [0.2, 0.25) is 0 Å². The van der Waals surface area contributed by atoms with Gasteiger partial charge >= 0.3 is 0 Å². The summed E-state index contributed by atoms with van der Waals surface area (Å²) in [6.45, 7) is -0.305. The van der Waals surface area contributed by atoms with Gasteiger partial charge in [-0.05, 0) is 160 Å². The second-order valence-corrected chi connectivity index (χ2v) is 32.2. The monoisotopic (exact) mass is 1460 g/mol. The van der Waals surface area contributed by atoms with E-state index in [2.05, 4.69) is 419 Å². The third-order valence-electron chi connectivity index (χ3n) is 26.6. The molecule has 0 aliphatic carbocycles. The Morgan fingerprint density at radius 3 is 0.888 bits per heavy atom. The van der Waals surface area contributed by atoms with Gasteiger partial charge in [-0.1, -0.05) is 362 Å². The average Bonchev–Trinajstić information content (AvgIpc) is 1.54. The van der Waals surface area contributed by atoms with E-state index in [4.69, 9.17) is 0 Å². The fourth-order valence-electron chi connectivity index (χ4n) is 22.2. The molecular weight excluding hydrogens is 1400 g/mol. The maximum Gasteiger partial charge on any atom is 0.247 e. The predicted molar refractivity (Wildman–Crippen MR) is 495 cm³/mol. The molecule has 0 atom stereocenters. The van der Waals surface area contributed by atoms with Crippen LogP contribution in [0.4, 0.5) is 0 Å². The maximum atomic E-state index is 2.66. The van der Waals surface area contributed by atoms with Crippen molar-refractivity contribution in [3.05, 3.63) is 400 Å². The molecule has 18 aromatic carbocycles. The van der Waals surface area contributed by atoms with Crippen LogP contribution in [-0.2, 0) is 0 Å². The summed E-state index contributed by atoms with van der Waals surface area (Å²) in [7, 11) is 0. The molecule has 4 aliphatic rings. The van der Waals surface area contributed by atoms with E-state index in [0.29, 0.717) is 0 Å². The van der Waals surface area contributed by atoms with Crippen molar-refractivity contribution in [1.29, 1.82) is 0 Å². The van der Waals surface area contributed by atoms with Crippen molar-refractivity contribution in [2.75, 3.05) is 0 Å². The average molecular weight is 1460 g/mol. The summed E-state index contributed by atoms with van der Waals surface area (Å²) in [4.78, 5) is 0. The van der Waals surface area contributed by atoms with Crippen molar-refractivity contribution in [1.82, 2.24) is 18.3 Å². The van der Waals surface area contributed by atoms with Gasteiger partial charge in [0.2, 0.25) is 26.9 Å². The predicted octanol–water partition coefficient (Wildman–Crippen LogP) is 17.7. The third kappa shape index (κ3) is 8.77. The lowest BCUT2D eigenvalue weighted by molar-refractivity contribution is 1.18. The quantitative estimate of drug-likeness (QED) is 0.128. The number of benzene rings is 18. The van der Waals surface area contributed by atoms with Gasteiger partial charge in [-0.3, -0.25) is 0 Å².